The van der Waals surface area contributed by atoms with Crippen LogP contribution in [0.2, 0.25) is 0 Å². The summed E-state index contributed by atoms with van der Waals surface area (Å²) >= 11 is 0. The van der Waals surface area contributed by atoms with Gasteiger partial charge in [-0.2, -0.15) is 0 Å². The number of hydrogen-bond acceptors (Lipinski definition) is 4. The van der Waals surface area contributed by atoms with Crippen molar-refractivity contribution >= 4 is 5.91 Å². The van der Waals surface area contributed by atoms with Crippen LogP contribution >= 0.6 is 0 Å². The van der Waals surface area contributed by atoms with Crippen molar-refractivity contribution < 1.29 is 23.9 Å². The van der Waals surface area contributed by atoms with Crippen LogP contribution in [0.1, 0.15) is 18.1 Å². The third-order valence-electron chi connectivity index (χ3n) is 4.72. The molecule has 0 spiro atoms. The van der Waals surface area contributed by atoms with Crippen molar-refractivity contribution in [1.29, 1.82) is 0 Å². The van der Waals surface area contributed by atoms with Gasteiger partial charge in [-0.15, -0.1) is 0 Å². The zero-order chi connectivity index (χ0) is 19.8. The Labute approximate surface area is 161 Å². The average molecular weight is 373 g/mol. The molecule has 146 valence electrons. The Balaban J connectivity index is 1.93. The number of amides is 1. The first-order valence-electron chi connectivity index (χ1n) is 8.92. The van der Waals surface area contributed by atoms with E-state index >= 15 is 0 Å². The van der Waals surface area contributed by atoms with Crippen molar-refractivity contribution in [2.45, 2.75) is 26.1 Å². The van der Waals surface area contributed by atoms with E-state index in [9.17, 15) is 4.79 Å². The molecule has 0 saturated carbocycles. The molecule has 2 N–H and O–H groups in total. The molecule has 6 heteroatoms. The maximum absolute atomic E-state index is 12.5. The minimum atomic E-state index is -0.199. The van der Waals surface area contributed by atoms with Gasteiger partial charge in [0.1, 0.15) is 23.8 Å². The maximum atomic E-state index is 12.5. The third-order valence-corrected chi connectivity index (χ3v) is 4.72. The second-order valence-electron chi connectivity index (χ2n) is 6.49. The number of carbonyl (C=O) groups excluding carboxylic acids is 1. The minimum Gasteiger partial charge on any atom is -0.497 e. The van der Waals surface area contributed by atoms with Crippen LogP contribution in [0.4, 0.5) is 0 Å². The SMILES string of the molecule is COc1ccc(CNC(=O)[C@H](C)[NH+](C)Cc2ccc(OC)cc2OC)cc1. The molecular weight excluding hydrogens is 344 g/mol. The lowest BCUT2D eigenvalue weighted by molar-refractivity contribution is -0.908. The van der Waals surface area contributed by atoms with E-state index in [1.807, 2.05) is 56.4 Å². The summed E-state index contributed by atoms with van der Waals surface area (Å²) in [5.74, 6) is 2.32. The lowest BCUT2D eigenvalue weighted by Crippen LogP contribution is -3.12. The Morgan fingerprint density at radius 1 is 1.00 bits per heavy atom. The monoisotopic (exact) mass is 373 g/mol. The highest BCUT2D eigenvalue weighted by atomic mass is 16.5. The molecule has 0 radical (unpaired) electrons. The van der Waals surface area contributed by atoms with Crippen molar-refractivity contribution in [2.24, 2.45) is 0 Å². The van der Waals surface area contributed by atoms with Gasteiger partial charge >= 0.3 is 0 Å². The fraction of sp³-hybridized carbons (Fsp3) is 0.381. The van der Waals surface area contributed by atoms with E-state index in [4.69, 9.17) is 14.2 Å². The highest BCUT2D eigenvalue weighted by Gasteiger charge is 2.23. The van der Waals surface area contributed by atoms with E-state index in [2.05, 4.69) is 5.32 Å². The van der Waals surface area contributed by atoms with Crippen molar-refractivity contribution in [3.63, 3.8) is 0 Å². The minimum absolute atomic E-state index is 0.01000. The predicted octanol–water partition coefficient (Wildman–Crippen LogP) is 1.43. The standard InChI is InChI=1S/C21H28N2O4/c1-15(21(24)22-13-16-6-9-18(25-3)10-7-16)23(2)14-17-8-11-19(26-4)12-20(17)27-5/h6-12,15H,13-14H2,1-5H3,(H,22,24)/p+1/t15-/m0/s1. The molecule has 0 heterocycles. The fourth-order valence-electron chi connectivity index (χ4n) is 2.76. The molecule has 6 nitrogen and oxygen atoms in total. The molecule has 0 aliphatic heterocycles. The van der Waals surface area contributed by atoms with Crippen LogP contribution < -0.4 is 24.4 Å². The molecular formula is C21H29N2O4+. The number of carbonyl (C=O) groups is 1. The van der Waals surface area contributed by atoms with Crippen molar-refractivity contribution in [2.75, 3.05) is 28.4 Å². The summed E-state index contributed by atoms with van der Waals surface area (Å²) in [6, 6.07) is 13.2. The zero-order valence-corrected chi connectivity index (χ0v) is 16.7. The number of ether oxygens (including phenoxy) is 3. The third kappa shape index (κ3) is 5.62. The van der Waals surface area contributed by atoms with Gasteiger partial charge in [0.05, 0.1) is 28.4 Å². The first kappa shape index (κ1) is 20.6. The Morgan fingerprint density at radius 2 is 1.63 bits per heavy atom. The van der Waals surface area contributed by atoms with Crippen molar-refractivity contribution in [1.82, 2.24) is 5.32 Å². The van der Waals surface area contributed by atoms with Gasteiger partial charge in [0.2, 0.25) is 0 Å². The molecule has 0 fully saturated rings. The second kappa shape index (κ2) is 9.83. The maximum Gasteiger partial charge on any atom is 0.278 e. The van der Waals surface area contributed by atoms with Gasteiger partial charge in [-0.1, -0.05) is 12.1 Å². The number of quaternary nitrogens is 1. The van der Waals surface area contributed by atoms with Gasteiger partial charge in [-0.3, -0.25) is 4.79 Å². The predicted molar refractivity (Wildman–Crippen MR) is 104 cm³/mol. The normalized spacial score (nSPS) is 12.8. The van der Waals surface area contributed by atoms with Crippen molar-refractivity contribution in [3.8, 4) is 17.2 Å². The van der Waals surface area contributed by atoms with Gasteiger partial charge in [0.15, 0.2) is 6.04 Å². The van der Waals surface area contributed by atoms with Gasteiger partial charge in [-0.05, 0) is 36.8 Å². The number of rotatable bonds is 9. The number of hydrogen-bond donors (Lipinski definition) is 2. The molecule has 2 atom stereocenters. The summed E-state index contributed by atoms with van der Waals surface area (Å²) in [4.78, 5) is 13.6. The molecule has 0 saturated heterocycles. The lowest BCUT2D eigenvalue weighted by Gasteiger charge is -2.22. The topological polar surface area (TPSA) is 61.2 Å². The van der Waals surface area contributed by atoms with Gasteiger partial charge in [0.25, 0.3) is 5.91 Å². The summed E-state index contributed by atoms with van der Waals surface area (Å²) in [6.07, 6.45) is 0. The average Bonchev–Trinajstić information content (AvgIpc) is 2.71. The van der Waals surface area contributed by atoms with Crippen LogP contribution in [-0.2, 0) is 17.9 Å². The molecule has 1 unspecified atom stereocenters. The molecule has 0 aliphatic rings. The van der Waals surface area contributed by atoms with Crippen LogP contribution in [0.15, 0.2) is 42.5 Å². The summed E-state index contributed by atoms with van der Waals surface area (Å²) in [5.41, 5.74) is 2.07. The number of nitrogens with one attached hydrogen (secondary N) is 2. The lowest BCUT2D eigenvalue weighted by atomic mass is 10.1. The van der Waals surface area contributed by atoms with Gasteiger partial charge in [-0.25, -0.2) is 0 Å². The molecule has 0 aromatic heterocycles. The first-order valence-corrected chi connectivity index (χ1v) is 8.92. The van der Waals surface area contributed by atoms with Crippen LogP contribution in [0.5, 0.6) is 17.2 Å². The summed E-state index contributed by atoms with van der Waals surface area (Å²) in [7, 11) is 6.90. The van der Waals surface area contributed by atoms with Crippen LogP contribution in [0, 0.1) is 0 Å². The van der Waals surface area contributed by atoms with E-state index in [0.29, 0.717) is 13.1 Å². The second-order valence-corrected chi connectivity index (χ2v) is 6.49. The highest BCUT2D eigenvalue weighted by Crippen LogP contribution is 2.23. The van der Waals surface area contributed by atoms with Crippen LogP contribution in [0.3, 0.4) is 0 Å². The summed E-state index contributed by atoms with van der Waals surface area (Å²) in [5, 5.41) is 3.00. The van der Waals surface area contributed by atoms with E-state index in [0.717, 1.165) is 33.3 Å². The molecule has 27 heavy (non-hydrogen) atoms. The number of methoxy groups -OCH3 is 3. The van der Waals surface area contributed by atoms with Crippen LogP contribution in [-0.4, -0.2) is 40.3 Å². The Kier molecular flexibility index (Phi) is 7.49. The van der Waals surface area contributed by atoms with E-state index in [1.54, 1.807) is 21.3 Å². The molecule has 0 aliphatic carbocycles. The van der Waals surface area contributed by atoms with Crippen LogP contribution in [0.25, 0.3) is 0 Å². The van der Waals surface area contributed by atoms with Crippen molar-refractivity contribution in [3.05, 3.63) is 53.6 Å². The molecule has 2 rings (SSSR count). The summed E-state index contributed by atoms with van der Waals surface area (Å²) < 4.78 is 15.8. The highest BCUT2D eigenvalue weighted by molar-refractivity contribution is 5.79. The molecule has 0 bridgehead atoms. The van der Waals surface area contributed by atoms with Gasteiger partial charge in [0, 0.05) is 18.2 Å². The van der Waals surface area contributed by atoms with E-state index < -0.39 is 0 Å². The Morgan fingerprint density at radius 3 is 2.22 bits per heavy atom. The summed E-state index contributed by atoms with van der Waals surface area (Å²) in [6.45, 7) is 3.09. The quantitative estimate of drug-likeness (QED) is 0.698. The molecule has 2 aromatic rings. The van der Waals surface area contributed by atoms with E-state index in [1.165, 1.54) is 0 Å². The fourth-order valence-corrected chi connectivity index (χ4v) is 2.76. The number of benzene rings is 2. The Hall–Kier alpha value is -2.73. The van der Waals surface area contributed by atoms with Gasteiger partial charge < -0.3 is 24.4 Å². The molecule has 1 amide bonds. The smallest absolute Gasteiger partial charge is 0.278 e. The zero-order valence-electron chi connectivity index (χ0n) is 16.7. The Bertz CT molecular complexity index is 746. The number of likely N-dealkylation sites (N-methyl/N-ethyl adjacent to an activating group) is 1. The van der Waals surface area contributed by atoms with E-state index in [-0.39, 0.29) is 11.9 Å². The largest absolute Gasteiger partial charge is 0.497 e. The molecule has 2 aromatic carbocycles. The first-order chi connectivity index (χ1) is 13.0.